The van der Waals surface area contributed by atoms with Crippen molar-refractivity contribution < 1.29 is 85.8 Å². The van der Waals surface area contributed by atoms with E-state index >= 15 is 0 Å². The quantitative estimate of drug-likeness (QED) is 0.0156. The van der Waals surface area contributed by atoms with E-state index in [1.165, 1.54) is 40.6 Å². The molecular weight excluding hydrogens is 1490 g/mol. The second kappa shape index (κ2) is 46.8. The molecule has 0 radical (unpaired) electrons. The fraction of sp³-hybridized carbons (Fsp3) is 0.581. The lowest BCUT2D eigenvalue weighted by atomic mass is 9.84. The summed E-state index contributed by atoms with van der Waals surface area (Å²) in [7, 11) is 13.3. The first kappa shape index (κ1) is 92.5. The van der Waals surface area contributed by atoms with Crippen molar-refractivity contribution in [2.24, 2.45) is 35.5 Å². The zero-order valence-corrected chi connectivity index (χ0v) is 70.7. The SMILES string of the molecule is CCC(C)Cn1nc(C(=O)N[C@@H](CC2CCCCC2)C(=O)NCC(=O)OC)cc1-c1cc(OC)ccc1OC.COC(=O)CNC(=O)[C@H](CC1CCCCC1)NC(=O)c1cc(-c2cc(OC)ccc2OC)n(C(C)C(C)C)n1.COC(=O)CNC(=O)[C@H](CC1CCCCC1)NC(=O)c1cc(-c2cc(OC)ccc2OC)n(CC(C)C)n1. The lowest BCUT2D eigenvalue weighted by Crippen LogP contribution is -2.49. The highest BCUT2D eigenvalue weighted by Crippen LogP contribution is 2.40. The van der Waals surface area contributed by atoms with E-state index < -0.39 is 71.5 Å². The summed E-state index contributed by atoms with van der Waals surface area (Å²) >= 11 is 0. The fourth-order valence-corrected chi connectivity index (χ4v) is 14.6. The molecular formula is C86H124N12O18. The van der Waals surface area contributed by atoms with Gasteiger partial charge in [-0.2, -0.15) is 15.3 Å². The van der Waals surface area contributed by atoms with E-state index in [2.05, 4.69) is 103 Å². The van der Waals surface area contributed by atoms with Gasteiger partial charge < -0.3 is 74.5 Å². The van der Waals surface area contributed by atoms with Crippen LogP contribution >= 0.6 is 0 Å². The average molecular weight is 1610 g/mol. The molecule has 2 unspecified atom stereocenters. The Bertz CT molecular complexity index is 4210. The highest BCUT2D eigenvalue weighted by atomic mass is 16.5. The molecule has 3 aliphatic carbocycles. The molecule has 0 aliphatic heterocycles. The highest BCUT2D eigenvalue weighted by Gasteiger charge is 2.34. The molecule has 0 spiro atoms. The minimum absolute atomic E-state index is 0.0288. The first-order chi connectivity index (χ1) is 55.7. The Labute approximate surface area is 682 Å². The molecule has 30 heteroatoms. The number of methoxy groups -OCH3 is 9. The van der Waals surface area contributed by atoms with Gasteiger partial charge >= 0.3 is 17.9 Å². The number of nitrogens with zero attached hydrogens (tertiary/aromatic N) is 6. The Hall–Kier alpha value is -10.7. The lowest BCUT2D eigenvalue weighted by Gasteiger charge is -2.26. The van der Waals surface area contributed by atoms with Crippen molar-refractivity contribution in [3.63, 3.8) is 0 Å². The summed E-state index contributed by atoms with van der Waals surface area (Å²) in [6, 6.07) is 19.2. The molecule has 3 saturated carbocycles. The van der Waals surface area contributed by atoms with Crippen molar-refractivity contribution in [2.45, 2.75) is 208 Å². The van der Waals surface area contributed by atoms with Crippen LogP contribution in [-0.2, 0) is 56.1 Å². The number of amides is 6. The number of hydrogen-bond donors (Lipinski definition) is 6. The van der Waals surface area contributed by atoms with Gasteiger partial charge in [0, 0.05) is 29.8 Å². The standard InChI is InChI=1S/2C29H42N4O6.C28H40N4O6/c1-18(2)19(3)33-25(22-15-21(37-4)12-13-26(22)38-5)16-24(32-33)29(36)31-23(14-20-10-8-7-9-11-20)28(35)30-17-27(34)39-6;1-6-19(2)18-33-25(22-15-21(37-3)12-13-26(22)38-4)16-24(32-33)29(36)31-23(14-20-10-8-7-9-11-20)28(35)30-17-27(34)39-5;1-18(2)17-32-24(21-14-20(36-3)11-12-25(21)37-4)15-23(31-32)28(35)30-22(13-19-9-7-6-8-10-19)27(34)29-16-26(33)38-5/h12-13,15-16,18-20,23H,7-11,14,17H2,1-6H3,(H,30,35)(H,31,36);12-13,15-16,19-20,23H,6-11,14,17-18H2,1-5H3,(H,30,35)(H,31,36);11-12,14-15,18-19,22H,6-10,13,16-17H2,1-5H3,(H,29,34)(H,30,35)/t2*19?,23-;22-/m000/s1. The predicted octanol–water partition coefficient (Wildman–Crippen LogP) is 11.7. The number of benzene rings is 3. The van der Waals surface area contributed by atoms with E-state index in [-0.39, 0.29) is 54.6 Å². The average Bonchev–Trinajstić information content (AvgIpc) is 1.63. The van der Waals surface area contributed by atoms with E-state index in [1.54, 1.807) is 65.5 Å². The first-order valence-corrected chi connectivity index (χ1v) is 40.6. The monoisotopic (exact) mass is 1610 g/mol. The van der Waals surface area contributed by atoms with Gasteiger partial charge in [0.15, 0.2) is 17.1 Å². The van der Waals surface area contributed by atoms with Crippen LogP contribution in [0.15, 0.2) is 72.8 Å². The van der Waals surface area contributed by atoms with Crippen molar-refractivity contribution in [2.75, 3.05) is 83.6 Å². The summed E-state index contributed by atoms with van der Waals surface area (Å²) in [4.78, 5) is 114. The molecule has 0 bridgehead atoms. The second-order valence-corrected chi connectivity index (χ2v) is 30.8. The first-order valence-electron chi connectivity index (χ1n) is 40.6. The van der Waals surface area contributed by atoms with Crippen LogP contribution in [0.4, 0.5) is 0 Å². The summed E-state index contributed by atoms with van der Waals surface area (Å²) in [5.41, 5.74) is 4.95. The molecule has 3 aromatic carbocycles. The molecule has 3 aliphatic rings. The van der Waals surface area contributed by atoms with E-state index in [4.69, 9.17) is 28.4 Å². The number of esters is 3. The van der Waals surface area contributed by atoms with Gasteiger partial charge in [-0.15, -0.1) is 0 Å². The fourth-order valence-electron chi connectivity index (χ4n) is 14.6. The van der Waals surface area contributed by atoms with Crippen molar-refractivity contribution in [1.82, 2.24) is 61.2 Å². The molecule has 3 heterocycles. The zero-order chi connectivity index (χ0) is 84.5. The summed E-state index contributed by atoms with van der Waals surface area (Å²) in [5.74, 6) is 1.39. The van der Waals surface area contributed by atoms with E-state index in [0.717, 1.165) is 106 Å². The Morgan fingerprint density at radius 3 is 1.00 bits per heavy atom. The van der Waals surface area contributed by atoms with E-state index in [1.807, 2.05) is 70.9 Å². The van der Waals surface area contributed by atoms with Gasteiger partial charge in [-0.25, -0.2) is 0 Å². The molecule has 6 aromatic rings. The minimum atomic E-state index is -0.798. The van der Waals surface area contributed by atoms with Crippen LogP contribution in [0.2, 0.25) is 0 Å². The summed E-state index contributed by atoms with van der Waals surface area (Å²) in [6.45, 7) is 15.0. The maximum atomic E-state index is 13.5. The molecule has 6 amide bonds. The number of aromatic nitrogens is 6. The van der Waals surface area contributed by atoms with Crippen LogP contribution < -0.4 is 60.3 Å². The minimum Gasteiger partial charge on any atom is -0.497 e. The molecule has 9 rings (SSSR count). The Morgan fingerprint density at radius 2 is 0.707 bits per heavy atom. The Kier molecular flexibility index (Phi) is 37.3. The van der Waals surface area contributed by atoms with Crippen molar-refractivity contribution >= 4 is 53.4 Å². The van der Waals surface area contributed by atoms with Crippen LogP contribution in [0.3, 0.4) is 0 Å². The van der Waals surface area contributed by atoms with Gasteiger partial charge in [0.25, 0.3) is 17.7 Å². The van der Waals surface area contributed by atoms with Gasteiger partial charge in [-0.3, -0.25) is 57.2 Å². The summed E-state index contributed by atoms with van der Waals surface area (Å²) < 4.78 is 52.4. The van der Waals surface area contributed by atoms with Gasteiger partial charge in [0.05, 0.1) is 87.1 Å². The Balaban J connectivity index is 0.000000241. The number of rotatable bonds is 37. The topological polar surface area (TPSA) is 362 Å². The largest absolute Gasteiger partial charge is 0.497 e. The number of nitrogens with one attached hydrogen (secondary N) is 6. The van der Waals surface area contributed by atoms with Gasteiger partial charge in [0.2, 0.25) is 17.7 Å². The van der Waals surface area contributed by atoms with Crippen LogP contribution in [0.25, 0.3) is 33.8 Å². The van der Waals surface area contributed by atoms with E-state index in [9.17, 15) is 43.2 Å². The summed E-state index contributed by atoms with van der Waals surface area (Å²) in [6.07, 6.45) is 18.7. The van der Waals surface area contributed by atoms with Crippen molar-refractivity contribution in [3.05, 3.63) is 89.9 Å². The maximum absolute atomic E-state index is 13.5. The highest BCUT2D eigenvalue weighted by molar-refractivity contribution is 6.00. The Morgan fingerprint density at radius 1 is 0.397 bits per heavy atom. The molecule has 6 N–H and O–H groups in total. The molecule has 3 aromatic heterocycles. The van der Waals surface area contributed by atoms with Crippen LogP contribution in [-0.4, -0.2) is 184 Å². The third-order valence-corrected chi connectivity index (χ3v) is 21.8. The number of carbonyl (C=O) groups is 9. The van der Waals surface area contributed by atoms with E-state index in [0.29, 0.717) is 102 Å². The molecule has 5 atom stereocenters. The van der Waals surface area contributed by atoms with Crippen LogP contribution in [0.5, 0.6) is 34.5 Å². The molecule has 116 heavy (non-hydrogen) atoms. The van der Waals surface area contributed by atoms with Crippen LogP contribution in [0.1, 0.15) is 208 Å². The normalized spacial score (nSPS) is 15.1. The van der Waals surface area contributed by atoms with Gasteiger partial charge in [-0.05, 0) is 134 Å². The third-order valence-electron chi connectivity index (χ3n) is 21.8. The molecule has 636 valence electrons. The zero-order valence-electron chi connectivity index (χ0n) is 70.7. The van der Waals surface area contributed by atoms with Gasteiger partial charge in [0.1, 0.15) is 72.3 Å². The number of hydrogen-bond acceptors (Lipinski definition) is 21. The van der Waals surface area contributed by atoms with Crippen LogP contribution in [0, 0.1) is 35.5 Å². The predicted molar refractivity (Wildman–Crippen MR) is 439 cm³/mol. The molecule has 0 saturated heterocycles. The number of ether oxygens (including phenoxy) is 9. The molecule has 3 fully saturated rings. The summed E-state index contributed by atoms with van der Waals surface area (Å²) in [5, 5.41) is 30.4. The van der Waals surface area contributed by atoms with Crippen molar-refractivity contribution in [1.29, 1.82) is 0 Å². The maximum Gasteiger partial charge on any atom is 0.325 e. The second-order valence-electron chi connectivity index (χ2n) is 30.8. The smallest absolute Gasteiger partial charge is 0.325 e. The lowest BCUT2D eigenvalue weighted by molar-refractivity contribution is -0.141. The third kappa shape index (κ3) is 27.2. The van der Waals surface area contributed by atoms with Gasteiger partial charge in [-0.1, -0.05) is 144 Å². The van der Waals surface area contributed by atoms with Crippen molar-refractivity contribution in [3.8, 4) is 68.3 Å². The number of carbonyl (C=O) groups excluding carboxylic acids is 9. The molecule has 30 nitrogen and oxygen atoms in total.